The molecule has 27 heavy (non-hydrogen) atoms. The number of aromatic nitrogens is 2. The summed E-state index contributed by atoms with van der Waals surface area (Å²) in [6.07, 6.45) is 3.58. The summed E-state index contributed by atoms with van der Waals surface area (Å²) < 4.78 is 33.4. The predicted octanol–water partition coefficient (Wildman–Crippen LogP) is 4.20. The Morgan fingerprint density at radius 1 is 1.22 bits per heavy atom. The molecular weight excluding hydrogens is 364 g/mol. The first-order valence-corrected chi connectivity index (χ1v) is 10.4. The number of fused-ring (bicyclic) bond motifs is 1. The van der Waals surface area contributed by atoms with Crippen molar-refractivity contribution in [2.24, 2.45) is 0 Å². The van der Waals surface area contributed by atoms with Gasteiger partial charge in [-0.1, -0.05) is 38.5 Å². The van der Waals surface area contributed by atoms with Crippen molar-refractivity contribution >= 4 is 21.1 Å². The van der Waals surface area contributed by atoms with Gasteiger partial charge >= 0.3 is 0 Å². The minimum Gasteiger partial charge on any atom is -0.503 e. The Balaban J connectivity index is 2.30. The van der Waals surface area contributed by atoms with Crippen LogP contribution in [0.15, 0.2) is 41.6 Å². The van der Waals surface area contributed by atoms with Gasteiger partial charge in [0.15, 0.2) is 17.1 Å². The number of benzene rings is 1. The minimum atomic E-state index is -3.83. The summed E-state index contributed by atoms with van der Waals surface area (Å²) in [5, 5.41) is 10.8. The van der Waals surface area contributed by atoms with E-state index in [-0.39, 0.29) is 28.0 Å². The summed E-state index contributed by atoms with van der Waals surface area (Å²) in [6.45, 7) is 8.21. The van der Waals surface area contributed by atoms with Crippen LogP contribution in [0.3, 0.4) is 0 Å². The Labute approximate surface area is 159 Å². The maximum atomic E-state index is 13.2. The zero-order valence-corrected chi connectivity index (χ0v) is 16.7. The molecule has 144 valence electrons. The SMILES string of the molecule is CCCOc1c(O)cnc2c1c(C(C)C)cn2S(=O)(=O)c1ccc(C)cc1. The minimum absolute atomic E-state index is 0.0227. The number of hydrogen-bond donors (Lipinski definition) is 1. The number of pyridine rings is 1. The highest BCUT2D eigenvalue weighted by Crippen LogP contribution is 2.40. The van der Waals surface area contributed by atoms with Crippen LogP contribution in [0.2, 0.25) is 0 Å². The molecule has 3 rings (SSSR count). The van der Waals surface area contributed by atoms with E-state index in [4.69, 9.17) is 4.74 Å². The Kier molecular flexibility index (Phi) is 5.15. The van der Waals surface area contributed by atoms with Crippen molar-refractivity contribution < 1.29 is 18.3 Å². The zero-order valence-electron chi connectivity index (χ0n) is 15.9. The highest BCUT2D eigenvalue weighted by molar-refractivity contribution is 7.90. The Morgan fingerprint density at radius 2 is 1.89 bits per heavy atom. The molecule has 0 saturated carbocycles. The van der Waals surface area contributed by atoms with Crippen LogP contribution in [0, 0.1) is 6.92 Å². The standard InChI is InChI=1S/C20H24N2O4S/c1-5-10-26-19-17(23)11-21-20-18(19)16(13(2)3)12-22(20)27(24,25)15-8-6-14(4)7-9-15/h6-9,11-13,23H,5,10H2,1-4H3. The van der Waals surface area contributed by atoms with Gasteiger partial charge in [0.2, 0.25) is 0 Å². The average molecular weight is 388 g/mol. The van der Waals surface area contributed by atoms with Crippen LogP contribution in [-0.4, -0.2) is 29.1 Å². The third kappa shape index (κ3) is 3.39. The molecule has 0 saturated heterocycles. The molecule has 0 amide bonds. The topological polar surface area (TPSA) is 81.4 Å². The predicted molar refractivity (Wildman–Crippen MR) is 105 cm³/mol. The molecule has 0 atom stereocenters. The summed E-state index contributed by atoms with van der Waals surface area (Å²) in [6, 6.07) is 6.69. The lowest BCUT2D eigenvalue weighted by atomic mass is 10.0. The van der Waals surface area contributed by atoms with Crippen LogP contribution in [0.1, 0.15) is 44.2 Å². The zero-order chi connectivity index (χ0) is 19.8. The largest absolute Gasteiger partial charge is 0.503 e. The number of rotatable bonds is 6. The van der Waals surface area contributed by atoms with E-state index in [0.29, 0.717) is 12.0 Å². The summed E-state index contributed by atoms with van der Waals surface area (Å²) in [7, 11) is -3.83. The fraction of sp³-hybridized carbons (Fsp3) is 0.350. The molecular formula is C20H24N2O4S. The van der Waals surface area contributed by atoms with Crippen molar-refractivity contribution in [2.45, 2.75) is 44.9 Å². The van der Waals surface area contributed by atoms with E-state index >= 15 is 0 Å². The van der Waals surface area contributed by atoms with Crippen LogP contribution in [0.25, 0.3) is 11.0 Å². The van der Waals surface area contributed by atoms with Crippen molar-refractivity contribution in [3.63, 3.8) is 0 Å². The molecule has 0 aliphatic carbocycles. The first kappa shape index (κ1) is 19.2. The highest BCUT2D eigenvalue weighted by Gasteiger charge is 2.26. The molecule has 0 spiro atoms. The van der Waals surface area contributed by atoms with Crippen LogP contribution in [0.4, 0.5) is 0 Å². The van der Waals surface area contributed by atoms with Gasteiger partial charge in [-0.05, 0) is 37.0 Å². The van der Waals surface area contributed by atoms with Crippen LogP contribution < -0.4 is 4.74 Å². The second kappa shape index (κ2) is 7.23. The van der Waals surface area contributed by atoms with Gasteiger partial charge in [0, 0.05) is 6.20 Å². The molecule has 0 aliphatic rings. The van der Waals surface area contributed by atoms with Crippen molar-refractivity contribution in [3.05, 3.63) is 47.8 Å². The van der Waals surface area contributed by atoms with Crippen LogP contribution in [0.5, 0.6) is 11.5 Å². The van der Waals surface area contributed by atoms with Gasteiger partial charge in [-0.25, -0.2) is 17.4 Å². The molecule has 0 fully saturated rings. The Hall–Kier alpha value is -2.54. The Morgan fingerprint density at radius 3 is 2.48 bits per heavy atom. The average Bonchev–Trinajstić information content (AvgIpc) is 3.02. The molecule has 0 bridgehead atoms. The van der Waals surface area contributed by atoms with Gasteiger partial charge < -0.3 is 9.84 Å². The Bertz CT molecular complexity index is 1070. The number of ether oxygens (including phenoxy) is 1. The molecule has 0 aliphatic heterocycles. The summed E-state index contributed by atoms with van der Waals surface area (Å²) in [5.74, 6) is 0.210. The summed E-state index contributed by atoms with van der Waals surface area (Å²) in [4.78, 5) is 4.40. The lowest BCUT2D eigenvalue weighted by molar-refractivity contribution is 0.302. The molecule has 2 heterocycles. The number of aromatic hydroxyl groups is 1. The first-order chi connectivity index (χ1) is 12.8. The lowest BCUT2D eigenvalue weighted by Gasteiger charge is -2.11. The van der Waals surface area contributed by atoms with Crippen molar-refractivity contribution in [1.29, 1.82) is 0 Å². The van der Waals surface area contributed by atoms with E-state index in [9.17, 15) is 13.5 Å². The molecule has 7 heteroatoms. The molecule has 1 aromatic carbocycles. The highest BCUT2D eigenvalue weighted by atomic mass is 32.2. The smallest absolute Gasteiger partial charge is 0.269 e. The molecule has 0 radical (unpaired) electrons. The molecule has 0 unspecified atom stereocenters. The third-order valence-electron chi connectivity index (χ3n) is 4.40. The van der Waals surface area contributed by atoms with Gasteiger partial charge in [-0.15, -0.1) is 0 Å². The van der Waals surface area contributed by atoms with Crippen molar-refractivity contribution in [1.82, 2.24) is 8.96 Å². The normalized spacial score (nSPS) is 12.0. The van der Waals surface area contributed by atoms with Crippen molar-refractivity contribution in [3.8, 4) is 11.5 Å². The fourth-order valence-corrected chi connectivity index (χ4v) is 4.27. The van der Waals surface area contributed by atoms with E-state index in [0.717, 1.165) is 17.5 Å². The van der Waals surface area contributed by atoms with E-state index in [1.807, 2.05) is 27.7 Å². The maximum Gasteiger partial charge on any atom is 0.269 e. The van der Waals surface area contributed by atoms with Crippen LogP contribution in [-0.2, 0) is 10.0 Å². The second-order valence-electron chi connectivity index (χ2n) is 6.87. The number of aryl methyl sites for hydroxylation is 1. The third-order valence-corrected chi connectivity index (χ3v) is 6.06. The maximum absolute atomic E-state index is 13.2. The van der Waals surface area contributed by atoms with Gasteiger partial charge in [0.25, 0.3) is 10.0 Å². The molecule has 1 N–H and O–H groups in total. The summed E-state index contributed by atoms with van der Waals surface area (Å²) in [5.41, 5.74) is 1.99. The monoisotopic (exact) mass is 388 g/mol. The fourth-order valence-electron chi connectivity index (χ4n) is 2.95. The summed E-state index contributed by atoms with van der Waals surface area (Å²) >= 11 is 0. The van der Waals surface area contributed by atoms with E-state index in [1.165, 1.54) is 10.2 Å². The molecule has 2 aromatic heterocycles. The molecule has 3 aromatic rings. The van der Waals surface area contributed by atoms with Gasteiger partial charge in [-0.3, -0.25) is 0 Å². The second-order valence-corrected chi connectivity index (χ2v) is 8.69. The van der Waals surface area contributed by atoms with E-state index in [1.54, 1.807) is 30.5 Å². The van der Waals surface area contributed by atoms with E-state index < -0.39 is 10.0 Å². The van der Waals surface area contributed by atoms with Gasteiger partial charge in [-0.2, -0.15) is 0 Å². The van der Waals surface area contributed by atoms with Crippen molar-refractivity contribution in [2.75, 3.05) is 6.61 Å². The van der Waals surface area contributed by atoms with Gasteiger partial charge in [0.1, 0.15) is 0 Å². The molecule has 6 nitrogen and oxygen atoms in total. The first-order valence-electron chi connectivity index (χ1n) is 8.95. The number of hydrogen-bond acceptors (Lipinski definition) is 5. The quantitative estimate of drug-likeness (QED) is 0.684. The van der Waals surface area contributed by atoms with E-state index in [2.05, 4.69) is 4.98 Å². The van der Waals surface area contributed by atoms with Gasteiger partial charge in [0.05, 0.1) is 23.1 Å². The number of nitrogens with zero attached hydrogens (tertiary/aromatic N) is 2. The van der Waals surface area contributed by atoms with Crippen LogP contribution >= 0.6 is 0 Å². The lowest BCUT2D eigenvalue weighted by Crippen LogP contribution is -2.12.